The van der Waals surface area contributed by atoms with Gasteiger partial charge in [0.05, 0.1) is 30.4 Å². The van der Waals surface area contributed by atoms with Crippen LogP contribution in [0.4, 0.5) is 14.9 Å². The molecule has 3 aromatic heterocycles. The predicted molar refractivity (Wildman–Crippen MR) is 160 cm³/mol. The van der Waals surface area contributed by atoms with E-state index in [4.69, 9.17) is 9.47 Å². The number of halogens is 1. The molecule has 0 saturated carbocycles. The minimum Gasteiger partial charge on any atom is -0.447 e. The molecule has 1 unspecified atom stereocenters. The van der Waals surface area contributed by atoms with Crippen molar-refractivity contribution in [2.75, 3.05) is 39.7 Å². The lowest BCUT2D eigenvalue weighted by Crippen LogP contribution is -2.45. The van der Waals surface area contributed by atoms with E-state index in [1.54, 1.807) is 38.5 Å². The second-order valence-electron chi connectivity index (χ2n) is 10.6. The van der Waals surface area contributed by atoms with E-state index in [9.17, 15) is 23.6 Å². The van der Waals surface area contributed by atoms with Crippen LogP contribution in [-0.4, -0.2) is 77.8 Å². The van der Waals surface area contributed by atoms with Crippen LogP contribution in [0.5, 0.6) is 0 Å². The van der Waals surface area contributed by atoms with Crippen LogP contribution in [0.15, 0.2) is 47.5 Å². The summed E-state index contributed by atoms with van der Waals surface area (Å²) in [5.74, 6) is -1.00. The normalized spacial score (nSPS) is 12.1. The summed E-state index contributed by atoms with van der Waals surface area (Å²) in [6, 6.07) is 3.78. The Kier molecular flexibility index (Phi) is 12.0. The Morgan fingerprint density at radius 1 is 1.23 bits per heavy atom. The van der Waals surface area contributed by atoms with Crippen molar-refractivity contribution in [3.63, 3.8) is 0 Å². The first kappa shape index (κ1) is 33.0. The monoisotopic (exact) mass is 598 g/mol. The van der Waals surface area contributed by atoms with Crippen molar-refractivity contribution in [1.82, 2.24) is 24.8 Å². The number of rotatable bonds is 14. The number of carbonyl (C=O) groups is 3. The molecule has 232 valence electrons. The van der Waals surface area contributed by atoms with Crippen LogP contribution in [0.2, 0.25) is 0 Å². The van der Waals surface area contributed by atoms with Gasteiger partial charge in [-0.1, -0.05) is 19.9 Å². The summed E-state index contributed by atoms with van der Waals surface area (Å²) < 4.78 is 25.8. The molecule has 3 aromatic rings. The van der Waals surface area contributed by atoms with Crippen LogP contribution < -0.4 is 16.2 Å². The second-order valence-corrected chi connectivity index (χ2v) is 10.6. The van der Waals surface area contributed by atoms with Crippen molar-refractivity contribution >= 4 is 34.6 Å². The Morgan fingerprint density at radius 2 is 2.00 bits per heavy atom. The molecule has 0 fully saturated rings. The molecule has 0 bridgehead atoms. The van der Waals surface area contributed by atoms with E-state index < -0.39 is 23.6 Å². The number of nitrogens with zero attached hydrogens (tertiary/aromatic N) is 3. The zero-order valence-electron chi connectivity index (χ0n) is 25.1. The Morgan fingerprint density at radius 3 is 2.70 bits per heavy atom. The van der Waals surface area contributed by atoms with Gasteiger partial charge in [0.25, 0.3) is 5.56 Å². The van der Waals surface area contributed by atoms with Gasteiger partial charge in [-0.2, -0.15) is 0 Å². The number of carbonyl (C=O) groups excluding carboxylic acids is 3. The molecule has 0 spiro atoms. The van der Waals surface area contributed by atoms with Gasteiger partial charge in [0.15, 0.2) is 0 Å². The highest BCUT2D eigenvalue weighted by Crippen LogP contribution is 2.23. The molecule has 1 atom stereocenters. The van der Waals surface area contributed by atoms with E-state index >= 15 is 0 Å². The summed E-state index contributed by atoms with van der Waals surface area (Å²) in [7, 11) is 4.70. The van der Waals surface area contributed by atoms with Crippen LogP contribution in [0.1, 0.15) is 37.9 Å². The maximum atomic E-state index is 14.5. The Hall–Kier alpha value is -4.52. The molecule has 0 aromatic carbocycles. The van der Waals surface area contributed by atoms with Crippen molar-refractivity contribution in [2.24, 2.45) is 5.92 Å². The fraction of sp³-hybridized carbons (Fsp3) is 0.433. The third-order valence-corrected chi connectivity index (χ3v) is 6.44. The molecule has 0 radical (unpaired) electrons. The van der Waals surface area contributed by atoms with E-state index in [0.717, 1.165) is 0 Å². The Bertz CT molecular complexity index is 1510. The highest BCUT2D eigenvalue weighted by Gasteiger charge is 2.22. The van der Waals surface area contributed by atoms with E-state index in [-0.39, 0.29) is 49.5 Å². The molecular formula is C30H39FN6O6. The summed E-state index contributed by atoms with van der Waals surface area (Å²) in [4.78, 5) is 59.4. The summed E-state index contributed by atoms with van der Waals surface area (Å²) >= 11 is 0. The third kappa shape index (κ3) is 9.50. The van der Waals surface area contributed by atoms with Gasteiger partial charge in [-0.05, 0) is 49.5 Å². The van der Waals surface area contributed by atoms with Crippen LogP contribution in [0.3, 0.4) is 0 Å². The molecule has 0 aliphatic carbocycles. The molecule has 3 amide bonds. The second kappa shape index (κ2) is 15.6. The number of alkyl carbamates (subject to hydrolysis) is 1. The van der Waals surface area contributed by atoms with Crippen LogP contribution in [0, 0.1) is 11.7 Å². The number of anilines is 1. The van der Waals surface area contributed by atoms with Gasteiger partial charge in [-0.15, -0.1) is 0 Å². The van der Waals surface area contributed by atoms with Crippen LogP contribution in [-0.2, 0) is 32.0 Å². The van der Waals surface area contributed by atoms with Crippen LogP contribution >= 0.6 is 0 Å². The summed E-state index contributed by atoms with van der Waals surface area (Å²) in [6.45, 7) is 4.31. The smallest absolute Gasteiger partial charge is 0.407 e. The zero-order valence-corrected chi connectivity index (χ0v) is 25.1. The number of amides is 3. The Balaban J connectivity index is 1.77. The van der Waals surface area contributed by atoms with Crippen molar-refractivity contribution in [1.29, 1.82) is 0 Å². The first-order valence-electron chi connectivity index (χ1n) is 14.0. The molecule has 3 N–H and O–H groups in total. The number of hydrogen-bond donors (Lipinski definition) is 3. The number of allylic oxidation sites excluding steroid dienone is 1. The SMILES string of the molecule is COCCOC(=O)NC(CC/C=C/C(=O)N(C)C)C(=O)Nc1cccn(Cc2cc3ncc(F)c(CC(C)C)c3[nH]2)c1=O. The van der Waals surface area contributed by atoms with Crippen LogP contribution in [0.25, 0.3) is 11.0 Å². The van der Waals surface area contributed by atoms with Gasteiger partial charge in [0.1, 0.15) is 24.2 Å². The number of methoxy groups -OCH3 is 1. The van der Waals surface area contributed by atoms with Crippen molar-refractivity contribution in [2.45, 2.75) is 45.7 Å². The lowest BCUT2D eigenvalue weighted by molar-refractivity contribution is -0.123. The average Bonchev–Trinajstić information content (AvgIpc) is 3.36. The molecule has 0 aliphatic rings. The number of H-pyrrole nitrogens is 1. The predicted octanol–water partition coefficient (Wildman–Crippen LogP) is 3.21. The summed E-state index contributed by atoms with van der Waals surface area (Å²) in [5.41, 5.74) is 1.90. The molecule has 0 saturated heterocycles. The largest absolute Gasteiger partial charge is 0.447 e. The first-order chi connectivity index (χ1) is 20.5. The molecule has 3 heterocycles. The zero-order chi connectivity index (χ0) is 31.5. The number of fused-ring (bicyclic) bond motifs is 1. The van der Waals surface area contributed by atoms with Crippen molar-refractivity contribution < 1.29 is 28.2 Å². The fourth-order valence-corrected chi connectivity index (χ4v) is 4.27. The van der Waals surface area contributed by atoms with Gasteiger partial charge in [-0.25, -0.2) is 9.18 Å². The van der Waals surface area contributed by atoms with E-state index in [2.05, 4.69) is 20.6 Å². The molecule has 13 heteroatoms. The number of nitrogens with one attached hydrogen (secondary N) is 3. The lowest BCUT2D eigenvalue weighted by atomic mass is 10.0. The lowest BCUT2D eigenvalue weighted by Gasteiger charge is -2.18. The first-order valence-corrected chi connectivity index (χ1v) is 14.0. The third-order valence-electron chi connectivity index (χ3n) is 6.44. The van der Waals surface area contributed by atoms with E-state index in [0.29, 0.717) is 35.1 Å². The topological polar surface area (TPSA) is 148 Å². The number of ether oxygens (including phenoxy) is 2. The maximum absolute atomic E-state index is 14.5. The summed E-state index contributed by atoms with van der Waals surface area (Å²) in [5, 5.41) is 5.11. The molecule has 3 rings (SSSR count). The van der Waals surface area contributed by atoms with Gasteiger partial charge in [-0.3, -0.25) is 19.4 Å². The minimum atomic E-state index is -1.06. The number of pyridine rings is 2. The average molecular weight is 599 g/mol. The van der Waals surface area contributed by atoms with E-state index in [1.807, 2.05) is 13.8 Å². The van der Waals surface area contributed by atoms with Gasteiger partial charge in [0.2, 0.25) is 11.8 Å². The van der Waals surface area contributed by atoms with Gasteiger partial charge < -0.3 is 34.6 Å². The minimum absolute atomic E-state index is 0.00570. The summed E-state index contributed by atoms with van der Waals surface area (Å²) in [6.07, 6.45) is 5.89. The molecule has 0 aliphatic heterocycles. The van der Waals surface area contributed by atoms with Gasteiger partial charge >= 0.3 is 6.09 Å². The molecular weight excluding hydrogens is 559 g/mol. The molecule has 43 heavy (non-hydrogen) atoms. The van der Waals surface area contributed by atoms with E-state index in [1.165, 1.54) is 34.9 Å². The number of aromatic amines is 1. The number of aromatic nitrogens is 3. The maximum Gasteiger partial charge on any atom is 0.407 e. The number of hydrogen-bond acceptors (Lipinski definition) is 7. The number of likely N-dealkylation sites (N-methyl/N-ethyl adjacent to an activating group) is 1. The Labute approximate surface area is 249 Å². The van der Waals surface area contributed by atoms with Gasteiger partial charge in [0, 0.05) is 38.7 Å². The van der Waals surface area contributed by atoms with Crippen molar-refractivity contribution in [3.05, 3.63) is 70.2 Å². The standard InChI is InChI=1S/C30H39FN6O6/c1-19(2)15-21-22(31)17-32-25-16-20(33-27(21)25)18-37-12-8-10-24(29(37)40)34-28(39)23(35-30(41)43-14-13-42-5)9-6-7-11-26(38)36(3)4/h7-8,10-12,16-17,19,23,33H,6,9,13-15,18H2,1-5H3,(H,34,39)(H,35,41)/b11-7+. The molecule has 12 nitrogen and oxygen atoms in total. The quantitative estimate of drug-likeness (QED) is 0.191. The highest BCUT2D eigenvalue weighted by atomic mass is 19.1. The highest BCUT2D eigenvalue weighted by molar-refractivity contribution is 5.96. The van der Waals surface area contributed by atoms with Crippen molar-refractivity contribution in [3.8, 4) is 0 Å². The fourth-order valence-electron chi connectivity index (χ4n) is 4.27.